The Hall–Kier alpha value is 0.00377. The minimum Gasteiger partial charge on any atom is -0.520 e. The zero-order valence-corrected chi connectivity index (χ0v) is 18.2. The van der Waals surface area contributed by atoms with Gasteiger partial charge in [0.2, 0.25) is 0 Å². The van der Waals surface area contributed by atoms with Gasteiger partial charge in [-0.25, -0.2) is 0 Å². The maximum Gasteiger partial charge on any atom is 0.396 e. The summed E-state index contributed by atoms with van der Waals surface area (Å²) in [5, 5.41) is 0. The van der Waals surface area contributed by atoms with Crippen molar-refractivity contribution in [3.05, 3.63) is 23.8 Å². The van der Waals surface area contributed by atoms with Gasteiger partial charge in [-0.05, 0) is 31.2 Å². The quantitative estimate of drug-likeness (QED) is 0.249. The molecular formula is C15H21Cl3O5Si2. The molecule has 0 spiro atoms. The molecule has 2 aliphatic rings. The van der Waals surface area contributed by atoms with E-state index in [-0.39, 0.29) is 6.23 Å². The largest absolute Gasteiger partial charge is 0.520 e. The molecule has 10 heteroatoms. The normalized spacial score (nSPS) is 25.2. The van der Waals surface area contributed by atoms with Crippen molar-refractivity contribution in [3.8, 4) is 11.5 Å². The van der Waals surface area contributed by atoms with Crippen LogP contribution in [-0.2, 0) is 20.5 Å². The van der Waals surface area contributed by atoms with Gasteiger partial charge in [-0.3, -0.25) is 0 Å². The summed E-state index contributed by atoms with van der Waals surface area (Å²) in [5.41, 5.74) is 0.954. The second-order valence-electron chi connectivity index (χ2n) is 6.33. The first-order chi connectivity index (χ1) is 11.8. The Morgan fingerprint density at radius 1 is 1.32 bits per heavy atom. The fraction of sp³-hybridized carbons (Fsp3) is 0.600. The smallest absolute Gasteiger partial charge is 0.396 e. The van der Waals surface area contributed by atoms with Gasteiger partial charge in [0.25, 0.3) is 0 Å². The molecule has 1 fully saturated rings. The average molecular weight is 444 g/mol. The molecule has 0 saturated carbocycles. The molecule has 2 atom stereocenters. The number of epoxide rings is 1. The lowest BCUT2D eigenvalue weighted by atomic mass is 10.2. The van der Waals surface area contributed by atoms with Crippen molar-refractivity contribution in [2.45, 2.75) is 31.7 Å². The second kappa shape index (κ2) is 8.35. The molecule has 140 valence electrons. The van der Waals surface area contributed by atoms with Gasteiger partial charge in [-0.1, -0.05) is 0 Å². The third-order valence-electron chi connectivity index (χ3n) is 3.92. The fourth-order valence-electron chi connectivity index (χ4n) is 2.51. The Morgan fingerprint density at radius 2 is 2.12 bits per heavy atom. The van der Waals surface area contributed by atoms with Gasteiger partial charge in [-0.15, -0.1) is 33.2 Å². The number of hydrogen-bond acceptors (Lipinski definition) is 5. The summed E-state index contributed by atoms with van der Waals surface area (Å²) >= 11 is 17.5. The number of benzene rings is 1. The lowest BCUT2D eigenvalue weighted by Crippen LogP contribution is -2.44. The van der Waals surface area contributed by atoms with Crippen LogP contribution in [0.5, 0.6) is 11.5 Å². The van der Waals surface area contributed by atoms with Crippen LogP contribution in [0, 0.1) is 0 Å². The van der Waals surface area contributed by atoms with Gasteiger partial charge in [0.05, 0.1) is 19.8 Å². The molecule has 0 N–H and O–H groups in total. The highest BCUT2D eigenvalue weighted by Gasteiger charge is 2.37. The third-order valence-corrected chi connectivity index (χ3v) is 8.04. The number of fused-ring (bicyclic) bond motifs is 1. The molecule has 25 heavy (non-hydrogen) atoms. The van der Waals surface area contributed by atoms with E-state index in [1.54, 1.807) is 0 Å². The molecule has 0 amide bonds. The van der Waals surface area contributed by atoms with Crippen LogP contribution in [0.3, 0.4) is 0 Å². The number of hydrogen-bond donors (Lipinski definition) is 0. The van der Waals surface area contributed by atoms with Gasteiger partial charge in [0.15, 0.2) is 0 Å². The average Bonchev–Trinajstić information content (AvgIpc) is 3.36. The summed E-state index contributed by atoms with van der Waals surface area (Å²) in [6, 6.07) is 3.70. The molecule has 1 aromatic rings. The predicted octanol–water partition coefficient (Wildman–Crippen LogP) is 4.05. The molecule has 0 aromatic heterocycles. The van der Waals surface area contributed by atoms with Crippen molar-refractivity contribution in [1.29, 1.82) is 0 Å². The Kier molecular flexibility index (Phi) is 6.60. The molecule has 0 aliphatic carbocycles. The highest BCUT2D eigenvalue weighted by molar-refractivity contribution is 7.64. The maximum absolute atomic E-state index is 6.17. The maximum atomic E-state index is 6.17. The Labute approximate surface area is 163 Å². The van der Waals surface area contributed by atoms with Crippen LogP contribution in [0.1, 0.15) is 12.0 Å². The Balaban J connectivity index is 1.48. The number of ether oxygens (including phenoxy) is 3. The van der Waals surface area contributed by atoms with Gasteiger partial charge in [0.1, 0.15) is 23.8 Å². The summed E-state index contributed by atoms with van der Waals surface area (Å²) < 4.78 is 28.4. The minimum absolute atomic E-state index is 0.122. The molecule has 0 bridgehead atoms. The highest BCUT2D eigenvalue weighted by Crippen LogP contribution is 2.34. The first-order valence-corrected chi connectivity index (χ1v) is 15.9. The molecule has 5 nitrogen and oxygen atoms in total. The molecule has 1 aromatic carbocycles. The molecule has 0 radical (unpaired) electrons. The van der Waals surface area contributed by atoms with Crippen molar-refractivity contribution >= 4 is 47.8 Å². The lowest BCUT2D eigenvalue weighted by Gasteiger charge is -2.33. The summed E-state index contributed by atoms with van der Waals surface area (Å²) in [6.45, 7) is 4.80. The van der Waals surface area contributed by atoms with Crippen LogP contribution < -0.4 is 9.16 Å². The van der Waals surface area contributed by atoms with E-state index in [0.717, 1.165) is 30.4 Å². The van der Waals surface area contributed by atoms with Crippen molar-refractivity contribution in [3.63, 3.8) is 0 Å². The van der Waals surface area contributed by atoms with Crippen molar-refractivity contribution in [2.75, 3.05) is 26.1 Å². The summed E-state index contributed by atoms with van der Waals surface area (Å²) in [7, 11) is -2.22. The fourth-order valence-corrected chi connectivity index (χ4v) is 5.55. The first kappa shape index (κ1) is 19.8. The zero-order valence-electron chi connectivity index (χ0n) is 13.9. The van der Waals surface area contributed by atoms with Gasteiger partial charge in [0, 0.05) is 18.2 Å². The Morgan fingerprint density at radius 3 is 2.84 bits per heavy atom. The van der Waals surface area contributed by atoms with E-state index in [4.69, 9.17) is 56.3 Å². The summed E-state index contributed by atoms with van der Waals surface area (Å²) in [6.07, 6.45) is 1.35. The van der Waals surface area contributed by atoms with Gasteiger partial charge >= 0.3 is 14.6 Å². The van der Waals surface area contributed by atoms with E-state index in [1.807, 2.05) is 18.2 Å². The van der Waals surface area contributed by atoms with E-state index in [2.05, 4.69) is 6.55 Å². The molecule has 3 rings (SSSR count). The lowest BCUT2D eigenvalue weighted by molar-refractivity contribution is 0.114. The topological polar surface area (TPSA) is 49.5 Å². The predicted molar refractivity (Wildman–Crippen MR) is 102 cm³/mol. The van der Waals surface area contributed by atoms with Crippen molar-refractivity contribution < 1.29 is 23.1 Å². The van der Waals surface area contributed by atoms with E-state index in [0.29, 0.717) is 31.7 Å². The first-order valence-electron chi connectivity index (χ1n) is 8.18. The van der Waals surface area contributed by atoms with Gasteiger partial charge < -0.3 is 23.1 Å². The zero-order chi connectivity index (χ0) is 17.9. The molecular weight excluding hydrogens is 423 g/mol. The summed E-state index contributed by atoms with van der Waals surface area (Å²) in [4.78, 5) is 0. The monoisotopic (exact) mass is 442 g/mol. The summed E-state index contributed by atoms with van der Waals surface area (Å²) in [5.74, 6) is 1.51. The van der Waals surface area contributed by atoms with Crippen molar-refractivity contribution in [2.24, 2.45) is 0 Å². The molecule has 2 heterocycles. The third kappa shape index (κ3) is 6.59. The molecule has 2 unspecified atom stereocenters. The molecule has 1 saturated heterocycles. The second-order valence-corrected chi connectivity index (χ2v) is 18.7. The van der Waals surface area contributed by atoms with Gasteiger partial charge in [-0.2, -0.15) is 0 Å². The number of halogens is 3. The van der Waals surface area contributed by atoms with E-state index in [9.17, 15) is 0 Å². The van der Waals surface area contributed by atoms with Crippen LogP contribution in [-0.4, -0.2) is 46.7 Å². The van der Waals surface area contributed by atoms with Crippen LogP contribution in [0.15, 0.2) is 18.2 Å². The van der Waals surface area contributed by atoms with Crippen molar-refractivity contribution in [1.82, 2.24) is 0 Å². The van der Waals surface area contributed by atoms with E-state index in [1.165, 1.54) is 0 Å². The van der Waals surface area contributed by atoms with E-state index < -0.39 is 14.6 Å². The van der Waals surface area contributed by atoms with Crippen LogP contribution in [0.25, 0.3) is 0 Å². The Bertz CT molecular complexity index is 597. The van der Waals surface area contributed by atoms with Crippen LogP contribution in [0.4, 0.5) is 0 Å². The molecule has 2 aliphatic heterocycles. The highest BCUT2D eigenvalue weighted by atomic mass is 35.8. The van der Waals surface area contributed by atoms with Crippen LogP contribution in [0.2, 0.25) is 12.6 Å². The standard InChI is InChI=1S/C15H21Cl3O5Si2/c1-24(6-2-5-19-9-14-10-20-14)22-8-12-7-13(3-4-15(12)23-24)21-11-25(16,17)18/h3-4,7,14H,2,5-6,8-11H2,1H3. The SMILES string of the molecule is C[Si]1(CCCOCC2CO2)OCc2cc(OC[Si](Cl)(Cl)Cl)ccc2O1. The minimum atomic E-state index is -2.80. The van der Waals surface area contributed by atoms with Crippen LogP contribution >= 0.6 is 33.2 Å². The number of rotatable bonds is 9. The van der Waals surface area contributed by atoms with E-state index >= 15 is 0 Å².